The maximum atomic E-state index is 2.41. The van der Waals surface area contributed by atoms with Crippen molar-refractivity contribution < 1.29 is 0 Å². The van der Waals surface area contributed by atoms with Gasteiger partial charge in [-0.05, 0) is 78.8 Å². The summed E-state index contributed by atoms with van der Waals surface area (Å²) in [7, 11) is 0. The Morgan fingerprint density at radius 2 is 1.00 bits per heavy atom. The fourth-order valence-electron chi connectivity index (χ4n) is 5.74. The highest BCUT2D eigenvalue weighted by Gasteiger charge is 2.17. The summed E-state index contributed by atoms with van der Waals surface area (Å²) < 4.78 is 4.08. The Morgan fingerprint density at radius 3 is 1.69 bits per heavy atom. The number of hydrogen-bond donors (Lipinski definition) is 0. The van der Waals surface area contributed by atoms with Crippen LogP contribution in [0, 0.1) is 0 Å². The van der Waals surface area contributed by atoms with E-state index in [1.807, 2.05) is 22.7 Å². The summed E-state index contributed by atoms with van der Waals surface area (Å²) in [6, 6.07) is 42.6. The van der Waals surface area contributed by atoms with Crippen molar-refractivity contribution >= 4 is 74.5 Å². The molecule has 0 bridgehead atoms. The molecule has 0 radical (unpaired) electrons. The molecule has 0 nitrogen and oxygen atoms in total. The first-order valence-electron chi connectivity index (χ1n) is 12.2. The highest BCUT2D eigenvalue weighted by molar-refractivity contribution is 7.26. The minimum absolute atomic E-state index is 1.26. The van der Waals surface area contributed by atoms with Crippen LogP contribution in [0.3, 0.4) is 0 Å². The standard InChI is InChI=1S/C34H20S2/c1-2-8-21(9-3-1)33-25-10-4-6-12-27(25)34(28-13-7-5-11-26(28)33)23-14-15-24-29-18-22-16-17-35-30(22)20-32(29)36-31(24)19-23/h1-20H. The van der Waals surface area contributed by atoms with Crippen LogP contribution in [0.25, 0.3) is 74.1 Å². The van der Waals surface area contributed by atoms with E-state index in [4.69, 9.17) is 0 Å². The van der Waals surface area contributed by atoms with Gasteiger partial charge in [0.15, 0.2) is 0 Å². The zero-order valence-electron chi connectivity index (χ0n) is 19.4. The maximum absolute atomic E-state index is 2.41. The van der Waals surface area contributed by atoms with Crippen LogP contribution in [-0.4, -0.2) is 0 Å². The quantitative estimate of drug-likeness (QED) is 0.211. The molecule has 0 spiro atoms. The van der Waals surface area contributed by atoms with Gasteiger partial charge in [0.25, 0.3) is 0 Å². The molecule has 0 fully saturated rings. The second-order valence-corrected chi connectivity index (χ2v) is 11.4. The maximum Gasteiger partial charge on any atom is 0.0369 e. The number of benzene rings is 6. The first-order valence-corrected chi connectivity index (χ1v) is 13.9. The van der Waals surface area contributed by atoms with Crippen LogP contribution in [-0.2, 0) is 0 Å². The molecule has 0 N–H and O–H groups in total. The van der Waals surface area contributed by atoms with Crippen LogP contribution in [0.15, 0.2) is 121 Å². The first-order chi connectivity index (χ1) is 17.8. The Balaban J connectivity index is 1.46. The van der Waals surface area contributed by atoms with Gasteiger partial charge in [-0.3, -0.25) is 0 Å². The molecule has 36 heavy (non-hydrogen) atoms. The number of rotatable bonds is 2. The van der Waals surface area contributed by atoms with Gasteiger partial charge in [0.05, 0.1) is 0 Å². The highest BCUT2D eigenvalue weighted by atomic mass is 32.1. The van der Waals surface area contributed by atoms with Gasteiger partial charge in [-0.15, -0.1) is 22.7 Å². The van der Waals surface area contributed by atoms with E-state index in [0.717, 1.165) is 0 Å². The number of fused-ring (bicyclic) bond motifs is 6. The second-order valence-electron chi connectivity index (χ2n) is 9.33. The monoisotopic (exact) mass is 492 g/mol. The van der Waals surface area contributed by atoms with Crippen LogP contribution in [0.5, 0.6) is 0 Å². The van der Waals surface area contributed by atoms with Gasteiger partial charge in [0.2, 0.25) is 0 Å². The molecule has 2 heterocycles. The van der Waals surface area contributed by atoms with E-state index in [0.29, 0.717) is 0 Å². The van der Waals surface area contributed by atoms with E-state index in [1.165, 1.54) is 74.1 Å². The third-order valence-corrected chi connectivity index (χ3v) is 9.32. The Labute approximate surface area is 216 Å². The molecule has 0 saturated heterocycles. The van der Waals surface area contributed by atoms with E-state index < -0.39 is 0 Å². The van der Waals surface area contributed by atoms with Gasteiger partial charge in [0.1, 0.15) is 0 Å². The van der Waals surface area contributed by atoms with E-state index in [-0.39, 0.29) is 0 Å². The zero-order chi connectivity index (χ0) is 23.6. The summed E-state index contributed by atoms with van der Waals surface area (Å²) in [6.07, 6.45) is 0. The topological polar surface area (TPSA) is 0 Å². The summed E-state index contributed by atoms with van der Waals surface area (Å²) in [5.74, 6) is 0. The predicted molar refractivity (Wildman–Crippen MR) is 161 cm³/mol. The third-order valence-electron chi connectivity index (χ3n) is 7.33. The van der Waals surface area contributed by atoms with Gasteiger partial charge in [-0.1, -0.05) is 91.0 Å². The van der Waals surface area contributed by atoms with E-state index >= 15 is 0 Å². The minimum Gasteiger partial charge on any atom is -0.144 e. The third kappa shape index (κ3) is 2.92. The van der Waals surface area contributed by atoms with Gasteiger partial charge in [0, 0.05) is 24.9 Å². The Hall–Kier alpha value is -3.98. The Morgan fingerprint density at radius 1 is 0.389 bits per heavy atom. The average molecular weight is 493 g/mol. The molecular formula is C34H20S2. The molecule has 0 unspecified atom stereocenters. The van der Waals surface area contributed by atoms with Crippen LogP contribution in [0.1, 0.15) is 0 Å². The fraction of sp³-hybridized carbons (Fsp3) is 0. The smallest absolute Gasteiger partial charge is 0.0369 e. The molecule has 2 aromatic heterocycles. The second kappa shape index (κ2) is 7.76. The highest BCUT2D eigenvalue weighted by Crippen LogP contribution is 2.45. The summed E-state index contributed by atoms with van der Waals surface area (Å²) in [5, 5.41) is 11.4. The lowest BCUT2D eigenvalue weighted by molar-refractivity contribution is 1.66. The zero-order valence-corrected chi connectivity index (χ0v) is 21.0. The van der Waals surface area contributed by atoms with Gasteiger partial charge >= 0.3 is 0 Å². The number of hydrogen-bond acceptors (Lipinski definition) is 2. The van der Waals surface area contributed by atoms with Gasteiger partial charge in [-0.25, -0.2) is 0 Å². The van der Waals surface area contributed by atoms with Gasteiger partial charge in [-0.2, -0.15) is 0 Å². The van der Waals surface area contributed by atoms with Crippen molar-refractivity contribution in [2.75, 3.05) is 0 Å². The molecule has 8 rings (SSSR count). The van der Waals surface area contributed by atoms with Crippen LogP contribution < -0.4 is 0 Å². The molecule has 0 aliphatic heterocycles. The van der Waals surface area contributed by atoms with E-state index in [2.05, 4.69) is 121 Å². The van der Waals surface area contributed by atoms with Crippen LogP contribution >= 0.6 is 22.7 Å². The SMILES string of the molecule is c1ccc(-c2c3ccccc3c(-c3ccc4c(c3)sc3cc5sccc5cc34)c3ccccc23)cc1. The summed E-state index contributed by atoms with van der Waals surface area (Å²) in [6.45, 7) is 0. The lowest BCUT2D eigenvalue weighted by Crippen LogP contribution is -1.90. The Bertz CT molecular complexity index is 2030. The largest absolute Gasteiger partial charge is 0.144 e. The number of thiophene rings is 2. The van der Waals surface area contributed by atoms with Crippen molar-refractivity contribution in [2.24, 2.45) is 0 Å². The van der Waals surface area contributed by atoms with Gasteiger partial charge < -0.3 is 0 Å². The lowest BCUT2D eigenvalue weighted by atomic mass is 9.86. The summed E-state index contributed by atoms with van der Waals surface area (Å²) in [4.78, 5) is 0. The average Bonchev–Trinajstić information content (AvgIpc) is 3.53. The summed E-state index contributed by atoms with van der Waals surface area (Å²) >= 11 is 3.73. The first kappa shape index (κ1) is 20.2. The van der Waals surface area contributed by atoms with E-state index in [1.54, 1.807) is 0 Å². The molecule has 6 aromatic carbocycles. The van der Waals surface area contributed by atoms with Crippen molar-refractivity contribution in [1.82, 2.24) is 0 Å². The van der Waals surface area contributed by atoms with Crippen LogP contribution in [0.2, 0.25) is 0 Å². The molecule has 0 aliphatic rings. The molecule has 0 aliphatic carbocycles. The molecule has 0 saturated carbocycles. The van der Waals surface area contributed by atoms with Crippen molar-refractivity contribution in [3.8, 4) is 22.3 Å². The van der Waals surface area contributed by atoms with Crippen molar-refractivity contribution in [3.63, 3.8) is 0 Å². The predicted octanol–water partition coefficient (Wildman–Crippen LogP) is 10.9. The fourth-order valence-corrected chi connectivity index (χ4v) is 7.80. The normalized spacial score (nSPS) is 11.9. The molecule has 0 amide bonds. The molecule has 0 atom stereocenters. The molecule has 8 aromatic rings. The summed E-state index contributed by atoms with van der Waals surface area (Å²) in [5.41, 5.74) is 5.18. The molecular weight excluding hydrogens is 473 g/mol. The van der Waals surface area contributed by atoms with Crippen LogP contribution in [0.4, 0.5) is 0 Å². The molecule has 168 valence electrons. The van der Waals surface area contributed by atoms with Crippen molar-refractivity contribution in [1.29, 1.82) is 0 Å². The minimum atomic E-state index is 1.26. The van der Waals surface area contributed by atoms with E-state index in [9.17, 15) is 0 Å². The Kier molecular flexibility index (Phi) is 4.36. The lowest BCUT2D eigenvalue weighted by Gasteiger charge is -2.17. The van der Waals surface area contributed by atoms with Crippen molar-refractivity contribution in [2.45, 2.75) is 0 Å². The molecule has 2 heteroatoms. The van der Waals surface area contributed by atoms with Crippen molar-refractivity contribution in [3.05, 3.63) is 121 Å².